The largest absolute Gasteiger partial charge is 0.313 e. The average molecular weight is 150 g/mol. The van der Waals surface area contributed by atoms with E-state index in [1.807, 2.05) is 11.7 Å². The lowest BCUT2D eigenvalue weighted by Gasteiger charge is -1.98. The fourth-order valence-electron chi connectivity index (χ4n) is 1.50. The molecule has 1 N–H and O–H groups in total. The van der Waals surface area contributed by atoms with Crippen LogP contribution in [0.25, 0.3) is 0 Å². The summed E-state index contributed by atoms with van der Waals surface area (Å²) in [6.45, 7) is 2.05. The molecule has 1 aromatic rings. The van der Waals surface area contributed by atoms with Gasteiger partial charge in [-0.2, -0.15) is 5.10 Å². The number of nitrogens with one attached hydrogen (secondary N) is 1. The summed E-state index contributed by atoms with van der Waals surface area (Å²) in [7, 11) is 1.99. The molecule has 0 unspecified atom stereocenters. The van der Waals surface area contributed by atoms with Crippen molar-refractivity contribution in [1.29, 1.82) is 0 Å². The molecule has 1 aliphatic heterocycles. The molecule has 0 bridgehead atoms. The Morgan fingerprint density at radius 2 is 2.55 bits per heavy atom. The summed E-state index contributed by atoms with van der Waals surface area (Å²) in [6.07, 6.45) is 5.36. The SMILES string of the molecule is Cn1n[c]c2c1CCCNC2. The lowest BCUT2D eigenvalue weighted by atomic mass is 10.2. The minimum Gasteiger partial charge on any atom is -0.313 e. The molecule has 3 heteroatoms. The van der Waals surface area contributed by atoms with Crippen LogP contribution < -0.4 is 5.32 Å². The quantitative estimate of drug-likeness (QED) is 0.574. The van der Waals surface area contributed by atoms with Gasteiger partial charge in [0.05, 0.1) is 0 Å². The zero-order valence-corrected chi connectivity index (χ0v) is 6.72. The molecule has 0 amide bonds. The maximum atomic E-state index is 4.09. The number of hydrogen-bond donors (Lipinski definition) is 1. The minimum atomic E-state index is 0.934. The number of aryl methyl sites for hydroxylation is 1. The van der Waals surface area contributed by atoms with E-state index in [9.17, 15) is 0 Å². The molecule has 3 nitrogen and oxygen atoms in total. The van der Waals surface area contributed by atoms with Gasteiger partial charge >= 0.3 is 0 Å². The maximum absolute atomic E-state index is 4.09. The van der Waals surface area contributed by atoms with Gasteiger partial charge in [-0.15, -0.1) is 0 Å². The summed E-state index contributed by atoms with van der Waals surface area (Å²) in [5.41, 5.74) is 2.58. The van der Waals surface area contributed by atoms with Crippen molar-refractivity contribution in [2.45, 2.75) is 19.4 Å². The highest BCUT2D eigenvalue weighted by Gasteiger charge is 2.10. The van der Waals surface area contributed by atoms with Gasteiger partial charge in [0.15, 0.2) is 0 Å². The molecule has 1 radical (unpaired) electrons. The van der Waals surface area contributed by atoms with Crippen molar-refractivity contribution in [1.82, 2.24) is 15.1 Å². The number of rotatable bonds is 0. The van der Waals surface area contributed by atoms with Crippen molar-refractivity contribution in [2.75, 3.05) is 6.54 Å². The van der Waals surface area contributed by atoms with Gasteiger partial charge in [-0.05, 0) is 19.4 Å². The fraction of sp³-hybridized carbons (Fsp3) is 0.625. The van der Waals surface area contributed by atoms with Crippen molar-refractivity contribution in [3.05, 3.63) is 17.5 Å². The molecule has 0 fully saturated rings. The Balaban J connectivity index is 2.35. The van der Waals surface area contributed by atoms with E-state index in [4.69, 9.17) is 0 Å². The molecule has 0 saturated heterocycles. The summed E-state index contributed by atoms with van der Waals surface area (Å²) in [5, 5.41) is 7.42. The van der Waals surface area contributed by atoms with Crippen LogP contribution >= 0.6 is 0 Å². The number of nitrogens with zero attached hydrogens (tertiary/aromatic N) is 2. The first-order valence-electron chi connectivity index (χ1n) is 4.01. The average Bonchev–Trinajstić information content (AvgIpc) is 2.25. The van der Waals surface area contributed by atoms with Gasteiger partial charge in [-0.25, -0.2) is 0 Å². The zero-order valence-electron chi connectivity index (χ0n) is 6.72. The van der Waals surface area contributed by atoms with Crippen molar-refractivity contribution >= 4 is 0 Å². The predicted molar refractivity (Wildman–Crippen MR) is 42.1 cm³/mol. The van der Waals surface area contributed by atoms with Crippen LogP contribution in [-0.4, -0.2) is 16.3 Å². The molecule has 0 saturated carbocycles. The van der Waals surface area contributed by atoms with Gasteiger partial charge in [-0.1, -0.05) is 0 Å². The van der Waals surface area contributed by atoms with E-state index in [2.05, 4.69) is 16.6 Å². The summed E-state index contributed by atoms with van der Waals surface area (Å²) in [5.74, 6) is 0. The smallest absolute Gasteiger partial charge is 0.118 e. The topological polar surface area (TPSA) is 29.9 Å². The van der Waals surface area contributed by atoms with Crippen LogP contribution in [0.3, 0.4) is 0 Å². The molecular formula is C8H12N3. The predicted octanol–water partition coefficient (Wildman–Crippen LogP) is 0.256. The van der Waals surface area contributed by atoms with Gasteiger partial charge in [0.25, 0.3) is 0 Å². The Kier molecular flexibility index (Phi) is 1.66. The van der Waals surface area contributed by atoms with Crippen molar-refractivity contribution < 1.29 is 0 Å². The van der Waals surface area contributed by atoms with E-state index in [1.165, 1.54) is 17.7 Å². The van der Waals surface area contributed by atoms with E-state index in [-0.39, 0.29) is 0 Å². The highest BCUT2D eigenvalue weighted by atomic mass is 15.3. The van der Waals surface area contributed by atoms with Crippen LogP contribution in [-0.2, 0) is 20.0 Å². The van der Waals surface area contributed by atoms with Gasteiger partial charge in [0.2, 0.25) is 0 Å². The van der Waals surface area contributed by atoms with Crippen LogP contribution in [0, 0.1) is 6.20 Å². The molecule has 0 aliphatic carbocycles. The lowest BCUT2D eigenvalue weighted by molar-refractivity contribution is 0.654. The first-order chi connectivity index (χ1) is 5.38. The summed E-state index contributed by atoms with van der Waals surface area (Å²) in [6, 6.07) is 0. The molecule has 2 heterocycles. The molecule has 1 aliphatic rings. The molecule has 0 aromatic carbocycles. The van der Waals surface area contributed by atoms with E-state index in [1.54, 1.807) is 0 Å². The second-order valence-electron chi connectivity index (χ2n) is 2.94. The van der Waals surface area contributed by atoms with Crippen molar-refractivity contribution in [2.24, 2.45) is 7.05 Å². The molecule has 1 aromatic heterocycles. The first-order valence-corrected chi connectivity index (χ1v) is 4.01. The molecule has 59 valence electrons. The van der Waals surface area contributed by atoms with Crippen LogP contribution in [0.5, 0.6) is 0 Å². The van der Waals surface area contributed by atoms with Gasteiger partial charge in [-0.3, -0.25) is 4.68 Å². The van der Waals surface area contributed by atoms with E-state index >= 15 is 0 Å². The Labute approximate surface area is 66.4 Å². The highest BCUT2D eigenvalue weighted by Crippen LogP contribution is 2.11. The standard InChI is InChI=1S/C8H12N3/c1-11-8-3-2-4-9-5-7(8)6-10-11/h9H,2-5H2,1H3. The molecule has 11 heavy (non-hydrogen) atoms. The van der Waals surface area contributed by atoms with Crippen LogP contribution in [0.2, 0.25) is 0 Å². The Morgan fingerprint density at radius 1 is 1.64 bits per heavy atom. The molecule has 0 spiro atoms. The third-order valence-corrected chi connectivity index (χ3v) is 2.14. The van der Waals surface area contributed by atoms with Crippen LogP contribution in [0.15, 0.2) is 0 Å². The number of aromatic nitrogens is 2. The molecule has 0 atom stereocenters. The zero-order chi connectivity index (χ0) is 7.68. The second kappa shape index (κ2) is 2.66. The summed E-state index contributed by atoms with van der Waals surface area (Å²) >= 11 is 0. The minimum absolute atomic E-state index is 0.934. The normalized spacial score (nSPS) is 17.5. The van der Waals surface area contributed by atoms with Crippen molar-refractivity contribution in [3.63, 3.8) is 0 Å². The van der Waals surface area contributed by atoms with Crippen LogP contribution in [0.1, 0.15) is 17.7 Å². The highest BCUT2D eigenvalue weighted by molar-refractivity contribution is 5.17. The van der Waals surface area contributed by atoms with Gasteiger partial charge in [0, 0.05) is 24.8 Å². The van der Waals surface area contributed by atoms with E-state index in [0.29, 0.717) is 0 Å². The van der Waals surface area contributed by atoms with E-state index < -0.39 is 0 Å². The first kappa shape index (κ1) is 6.85. The number of fused-ring (bicyclic) bond motifs is 1. The maximum Gasteiger partial charge on any atom is 0.118 e. The Bertz CT molecular complexity index is 252. The third-order valence-electron chi connectivity index (χ3n) is 2.14. The summed E-state index contributed by atoms with van der Waals surface area (Å²) < 4.78 is 1.93. The van der Waals surface area contributed by atoms with Gasteiger partial charge < -0.3 is 5.32 Å². The van der Waals surface area contributed by atoms with Crippen LogP contribution in [0.4, 0.5) is 0 Å². The van der Waals surface area contributed by atoms with Gasteiger partial charge in [0.1, 0.15) is 6.20 Å². The molecule has 2 rings (SSSR count). The van der Waals surface area contributed by atoms with E-state index in [0.717, 1.165) is 19.5 Å². The summed E-state index contributed by atoms with van der Waals surface area (Å²) in [4.78, 5) is 0. The third kappa shape index (κ3) is 1.16. The second-order valence-corrected chi connectivity index (χ2v) is 2.94. The Hall–Kier alpha value is -0.830. The monoisotopic (exact) mass is 150 g/mol. The fourth-order valence-corrected chi connectivity index (χ4v) is 1.50. The van der Waals surface area contributed by atoms with Crippen molar-refractivity contribution in [3.8, 4) is 0 Å². The number of hydrogen-bond acceptors (Lipinski definition) is 2. The lowest BCUT2D eigenvalue weighted by Crippen LogP contribution is -2.11. The Morgan fingerprint density at radius 3 is 3.45 bits per heavy atom. The molecular weight excluding hydrogens is 138 g/mol.